The summed E-state index contributed by atoms with van der Waals surface area (Å²) in [6.45, 7) is 1.21. The van der Waals surface area contributed by atoms with Gasteiger partial charge in [0, 0.05) is 24.0 Å². The van der Waals surface area contributed by atoms with E-state index in [1.807, 2.05) is 6.07 Å². The van der Waals surface area contributed by atoms with E-state index in [1.165, 1.54) is 50.8 Å². The predicted molar refractivity (Wildman–Crippen MR) is 73.2 cm³/mol. The number of piperidine rings is 1. The Morgan fingerprint density at radius 2 is 1.88 bits per heavy atom. The summed E-state index contributed by atoms with van der Waals surface area (Å²) in [5, 5.41) is 0. The molecular formula is C15H22N2. The molecule has 2 atom stereocenters. The molecule has 1 aliphatic carbocycles. The Kier molecular flexibility index (Phi) is 2.96. The fraction of sp³-hybridized carbons (Fsp3) is 0.600. The minimum Gasteiger partial charge on any atom is -0.399 e. The monoisotopic (exact) mass is 230 g/mol. The summed E-state index contributed by atoms with van der Waals surface area (Å²) in [5.74, 6) is 0.930. The zero-order valence-corrected chi connectivity index (χ0v) is 10.4. The largest absolute Gasteiger partial charge is 0.399 e. The van der Waals surface area contributed by atoms with Crippen LogP contribution in [0.4, 0.5) is 11.4 Å². The SMILES string of the molecule is Nc1cccc(N2CCCC3CCCCC32)c1. The van der Waals surface area contributed by atoms with E-state index in [0.29, 0.717) is 0 Å². The molecule has 0 radical (unpaired) electrons. The molecule has 3 rings (SSSR count). The van der Waals surface area contributed by atoms with E-state index < -0.39 is 0 Å². The molecule has 2 nitrogen and oxygen atoms in total. The lowest BCUT2D eigenvalue weighted by molar-refractivity contribution is 0.244. The van der Waals surface area contributed by atoms with Crippen LogP contribution in [0.3, 0.4) is 0 Å². The number of anilines is 2. The highest BCUT2D eigenvalue weighted by molar-refractivity contribution is 5.56. The van der Waals surface area contributed by atoms with Crippen LogP contribution in [-0.4, -0.2) is 12.6 Å². The van der Waals surface area contributed by atoms with Crippen LogP contribution in [0.25, 0.3) is 0 Å². The van der Waals surface area contributed by atoms with Gasteiger partial charge in [0.2, 0.25) is 0 Å². The van der Waals surface area contributed by atoms with E-state index in [-0.39, 0.29) is 0 Å². The van der Waals surface area contributed by atoms with E-state index in [0.717, 1.165) is 17.6 Å². The van der Waals surface area contributed by atoms with Gasteiger partial charge in [-0.2, -0.15) is 0 Å². The molecule has 0 bridgehead atoms. The average Bonchev–Trinajstić information content (AvgIpc) is 2.38. The molecule has 1 heterocycles. The Hall–Kier alpha value is -1.18. The Morgan fingerprint density at radius 1 is 1.06 bits per heavy atom. The van der Waals surface area contributed by atoms with Crippen LogP contribution in [-0.2, 0) is 0 Å². The molecule has 0 spiro atoms. The topological polar surface area (TPSA) is 29.3 Å². The number of nitrogens with zero attached hydrogens (tertiary/aromatic N) is 1. The summed E-state index contributed by atoms with van der Waals surface area (Å²) in [6.07, 6.45) is 8.42. The van der Waals surface area contributed by atoms with Crippen molar-refractivity contribution in [1.82, 2.24) is 0 Å². The van der Waals surface area contributed by atoms with Crippen LogP contribution in [0.2, 0.25) is 0 Å². The van der Waals surface area contributed by atoms with Gasteiger partial charge in [0.05, 0.1) is 0 Å². The zero-order chi connectivity index (χ0) is 11.7. The van der Waals surface area contributed by atoms with Crippen molar-refractivity contribution in [1.29, 1.82) is 0 Å². The van der Waals surface area contributed by atoms with Crippen LogP contribution in [0, 0.1) is 5.92 Å². The lowest BCUT2D eigenvalue weighted by atomic mass is 9.78. The third-order valence-electron chi connectivity index (χ3n) is 4.45. The summed E-state index contributed by atoms with van der Waals surface area (Å²) in [4.78, 5) is 2.61. The third-order valence-corrected chi connectivity index (χ3v) is 4.45. The van der Waals surface area contributed by atoms with Crippen molar-refractivity contribution < 1.29 is 0 Å². The highest BCUT2D eigenvalue weighted by atomic mass is 15.2. The normalized spacial score (nSPS) is 28.8. The number of fused-ring (bicyclic) bond motifs is 1. The summed E-state index contributed by atoms with van der Waals surface area (Å²) in [5.41, 5.74) is 8.13. The van der Waals surface area contributed by atoms with E-state index in [1.54, 1.807) is 0 Å². The van der Waals surface area contributed by atoms with E-state index in [9.17, 15) is 0 Å². The molecule has 2 unspecified atom stereocenters. The molecule has 0 amide bonds. The second-order valence-corrected chi connectivity index (χ2v) is 5.54. The molecule has 17 heavy (non-hydrogen) atoms. The average molecular weight is 230 g/mol. The highest BCUT2D eigenvalue weighted by Gasteiger charge is 2.33. The van der Waals surface area contributed by atoms with Gasteiger partial charge in [-0.3, -0.25) is 0 Å². The molecule has 1 aliphatic heterocycles. The van der Waals surface area contributed by atoms with Gasteiger partial charge < -0.3 is 10.6 Å². The molecule has 2 heteroatoms. The fourth-order valence-electron chi connectivity index (χ4n) is 3.65. The van der Waals surface area contributed by atoms with Gasteiger partial charge in [-0.05, 0) is 49.8 Å². The Balaban J connectivity index is 1.85. The molecule has 1 aromatic carbocycles. The van der Waals surface area contributed by atoms with Gasteiger partial charge >= 0.3 is 0 Å². The van der Waals surface area contributed by atoms with Crippen molar-refractivity contribution in [3.63, 3.8) is 0 Å². The fourth-order valence-corrected chi connectivity index (χ4v) is 3.65. The van der Waals surface area contributed by atoms with Gasteiger partial charge in [0.25, 0.3) is 0 Å². The van der Waals surface area contributed by atoms with Crippen molar-refractivity contribution in [2.45, 2.75) is 44.6 Å². The van der Waals surface area contributed by atoms with E-state index in [4.69, 9.17) is 5.73 Å². The molecule has 2 fully saturated rings. The number of rotatable bonds is 1. The molecule has 0 aromatic heterocycles. The smallest absolute Gasteiger partial charge is 0.0389 e. The first kappa shape index (κ1) is 10.9. The number of nitrogens with two attached hydrogens (primary N) is 1. The maximum Gasteiger partial charge on any atom is 0.0389 e. The van der Waals surface area contributed by atoms with Gasteiger partial charge in [0.1, 0.15) is 0 Å². The van der Waals surface area contributed by atoms with Crippen molar-refractivity contribution in [3.8, 4) is 0 Å². The zero-order valence-electron chi connectivity index (χ0n) is 10.4. The molecule has 1 saturated heterocycles. The van der Waals surface area contributed by atoms with Crippen molar-refractivity contribution in [2.24, 2.45) is 5.92 Å². The Bertz CT molecular complexity index is 386. The van der Waals surface area contributed by atoms with E-state index in [2.05, 4.69) is 23.1 Å². The van der Waals surface area contributed by atoms with Crippen molar-refractivity contribution in [2.75, 3.05) is 17.2 Å². The predicted octanol–water partition coefficient (Wildman–Crippen LogP) is 3.43. The maximum atomic E-state index is 5.91. The lowest BCUT2D eigenvalue weighted by Gasteiger charge is -2.45. The van der Waals surface area contributed by atoms with Crippen LogP contribution >= 0.6 is 0 Å². The second kappa shape index (κ2) is 4.59. The van der Waals surface area contributed by atoms with Crippen LogP contribution in [0.1, 0.15) is 38.5 Å². The quantitative estimate of drug-likeness (QED) is 0.749. The van der Waals surface area contributed by atoms with Crippen molar-refractivity contribution >= 4 is 11.4 Å². The van der Waals surface area contributed by atoms with Gasteiger partial charge in [-0.1, -0.05) is 18.9 Å². The van der Waals surface area contributed by atoms with Gasteiger partial charge in [0.15, 0.2) is 0 Å². The minimum absolute atomic E-state index is 0.777. The third kappa shape index (κ3) is 2.13. The molecule has 92 valence electrons. The first-order valence-corrected chi connectivity index (χ1v) is 6.97. The molecule has 1 aromatic rings. The highest BCUT2D eigenvalue weighted by Crippen LogP contribution is 2.37. The molecule has 1 saturated carbocycles. The van der Waals surface area contributed by atoms with Gasteiger partial charge in [-0.25, -0.2) is 0 Å². The Labute approximate surface area is 104 Å². The second-order valence-electron chi connectivity index (χ2n) is 5.54. The summed E-state index contributed by atoms with van der Waals surface area (Å²) < 4.78 is 0. The standard InChI is InChI=1S/C15H22N2/c16-13-7-3-8-14(11-13)17-10-4-6-12-5-1-2-9-15(12)17/h3,7-8,11-12,15H,1-2,4-6,9-10,16H2. The summed E-state index contributed by atoms with van der Waals surface area (Å²) >= 11 is 0. The number of hydrogen-bond acceptors (Lipinski definition) is 2. The first-order chi connectivity index (χ1) is 8.34. The number of benzene rings is 1. The van der Waals surface area contributed by atoms with Crippen LogP contribution < -0.4 is 10.6 Å². The maximum absolute atomic E-state index is 5.91. The molecule has 2 N–H and O–H groups in total. The summed E-state index contributed by atoms with van der Waals surface area (Å²) in [6, 6.07) is 9.19. The van der Waals surface area contributed by atoms with Crippen molar-refractivity contribution in [3.05, 3.63) is 24.3 Å². The lowest BCUT2D eigenvalue weighted by Crippen LogP contribution is -2.46. The Morgan fingerprint density at radius 3 is 2.76 bits per heavy atom. The minimum atomic E-state index is 0.777. The van der Waals surface area contributed by atoms with Crippen LogP contribution in [0.15, 0.2) is 24.3 Å². The summed E-state index contributed by atoms with van der Waals surface area (Å²) in [7, 11) is 0. The molecule has 2 aliphatic rings. The molecular weight excluding hydrogens is 208 g/mol. The first-order valence-electron chi connectivity index (χ1n) is 6.97. The number of hydrogen-bond donors (Lipinski definition) is 1. The van der Waals surface area contributed by atoms with Gasteiger partial charge in [-0.15, -0.1) is 0 Å². The van der Waals surface area contributed by atoms with Crippen LogP contribution in [0.5, 0.6) is 0 Å². The number of nitrogen functional groups attached to an aromatic ring is 1. The van der Waals surface area contributed by atoms with E-state index >= 15 is 0 Å².